The maximum Gasteiger partial charge on any atom is 0.119 e. The van der Waals surface area contributed by atoms with Crippen LogP contribution < -0.4 is 10.1 Å². The van der Waals surface area contributed by atoms with Crippen molar-refractivity contribution in [2.24, 2.45) is 5.92 Å². The maximum absolute atomic E-state index is 5.82. The molecule has 1 heterocycles. The molecule has 0 saturated carbocycles. The highest BCUT2D eigenvalue weighted by Gasteiger charge is 2.12. The van der Waals surface area contributed by atoms with Crippen LogP contribution in [0, 0.1) is 5.92 Å². The van der Waals surface area contributed by atoms with Crippen LogP contribution in [0.3, 0.4) is 0 Å². The van der Waals surface area contributed by atoms with Gasteiger partial charge in [0, 0.05) is 0 Å². The van der Waals surface area contributed by atoms with Gasteiger partial charge in [-0.3, -0.25) is 0 Å². The summed E-state index contributed by atoms with van der Waals surface area (Å²) in [6.07, 6.45) is 4.91. The van der Waals surface area contributed by atoms with Gasteiger partial charge in [0.2, 0.25) is 0 Å². The van der Waals surface area contributed by atoms with E-state index < -0.39 is 0 Å². The lowest BCUT2D eigenvalue weighted by molar-refractivity contribution is 0.254. The third-order valence-electron chi connectivity index (χ3n) is 3.50. The number of benzene rings is 1. The van der Waals surface area contributed by atoms with Crippen LogP contribution in [0.2, 0.25) is 0 Å². The number of rotatable bonds is 5. The van der Waals surface area contributed by atoms with Crippen LogP contribution in [0.1, 0.15) is 31.7 Å². The summed E-state index contributed by atoms with van der Waals surface area (Å²) < 4.78 is 5.82. The Labute approximate surface area is 104 Å². The van der Waals surface area contributed by atoms with E-state index in [1.165, 1.54) is 37.9 Å². The van der Waals surface area contributed by atoms with E-state index in [0.29, 0.717) is 0 Å². The first kappa shape index (κ1) is 12.4. The van der Waals surface area contributed by atoms with Crippen molar-refractivity contribution < 1.29 is 4.74 Å². The molecule has 1 atom stereocenters. The molecule has 1 aliphatic heterocycles. The summed E-state index contributed by atoms with van der Waals surface area (Å²) in [5.74, 6) is 1.83. The average Bonchev–Trinajstić information content (AvgIpc) is 2.40. The Bertz CT molecular complexity index is 331. The first-order valence-corrected chi connectivity index (χ1v) is 6.81. The van der Waals surface area contributed by atoms with Gasteiger partial charge in [0.1, 0.15) is 5.75 Å². The lowest BCUT2D eigenvalue weighted by Crippen LogP contribution is -2.30. The molecule has 0 radical (unpaired) electrons. The van der Waals surface area contributed by atoms with Crippen LogP contribution in [0.15, 0.2) is 24.3 Å². The van der Waals surface area contributed by atoms with Crippen LogP contribution in [0.25, 0.3) is 0 Å². The Balaban J connectivity index is 1.73. The summed E-state index contributed by atoms with van der Waals surface area (Å²) in [5.41, 5.74) is 1.35. The fourth-order valence-corrected chi connectivity index (χ4v) is 2.37. The fourth-order valence-electron chi connectivity index (χ4n) is 2.37. The number of aryl methyl sites for hydroxylation is 1. The van der Waals surface area contributed by atoms with Crippen LogP contribution >= 0.6 is 0 Å². The summed E-state index contributed by atoms with van der Waals surface area (Å²) in [5, 5.41) is 3.45. The zero-order chi connectivity index (χ0) is 11.9. The zero-order valence-electron chi connectivity index (χ0n) is 10.7. The topological polar surface area (TPSA) is 21.3 Å². The molecule has 1 saturated heterocycles. The number of hydrogen-bond acceptors (Lipinski definition) is 2. The average molecular weight is 233 g/mol. The summed E-state index contributed by atoms with van der Waals surface area (Å²) in [4.78, 5) is 0. The summed E-state index contributed by atoms with van der Waals surface area (Å²) in [6.45, 7) is 5.38. The molecule has 0 spiro atoms. The maximum atomic E-state index is 5.82. The van der Waals surface area contributed by atoms with Crippen molar-refractivity contribution >= 4 is 0 Å². The van der Waals surface area contributed by atoms with Gasteiger partial charge in [-0.05, 0) is 62.4 Å². The Hall–Kier alpha value is -1.02. The predicted molar refractivity (Wildman–Crippen MR) is 71.5 cm³/mol. The molecular formula is C15H23NO. The van der Waals surface area contributed by atoms with Crippen LogP contribution in [0.5, 0.6) is 5.75 Å². The van der Waals surface area contributed by atoms with Gasteiger partial charge in [0.15, 0.2) is 0 Å². The highest BCUT2D eigenvalue weighted by molar-refractivity contribution is 5.28. The standard InChI is InChI=1S/C15H23NO/c1-2-13-5-3-7-15(11-13)17-10-8-14-6-4-9-16-12-14/h3,5,7,11,14,16H,2,4,6,8-10,12H2,1H3/t14-/m0/s1. The number of hydrogen-bond donors (Lipinski definition) is 1. The van der Waals surface area contributed by atoms with Gasteiger partial charge in [-0.25, -0.2) is 0 Å². The highest BCUT2D eigenvalue weighted by atomic mass is 16.5. The molecule has 1 aliphatic rings. The molecule has 1 aromatic carbocycles. The molecule has 1 fully saturated rings. The van der Waals surface area contributed by atoms with E-state index in [2.05, 4.69) is 36.5 Å². The summed E-state index contributed by atoms with van der Waals surface area (Å²) in [7, 11) is 0. The Kier molecular flexibility index (Phi) is 4.87. The smallest absolute Gasteiger partial charge is 0.119 e. The first-order valence-electron chi connectivity index (χ1n) is 6.81. The molecule has 1 aromatic rings. The van der Waals surface area contributed by atoms with E-state index in [0.717, 1.165) is 24.7 Å². The minimum Gasteiger partial charge on any atom is -0.494 e. The van der Waals surface area contributed by atoms with Gasteiger partial charge in [0.05, 0.1) is 6.61 Å². The van der Waals surface area contributed by atoms with E-state index in [9.17, 15) is 0 Å². The van der Waals surface area contributed by atoms with Gasteiger partial charge in [-0.15, -0.1) is 0 Å². The van der Waals surface area contributed by atoms with Crippen molar-refractivity contribution in [3.8, 4) is 5.75 Å². The minimum absolute atomic E-state index is 0.804. The van der Waals surface area contributed by atoms with Crippen molar-refractivity contribution in [1.29, 1.82) is 0 Å². The number of nitrogens with one attached hydrogen (secondary N) is 1. The van der Waals surface area contributed by atoms with Crippen molar-refractivity contribution in [1.82, 2.24) is 5.32 Å². The minimum atomic E-state index is 0.804. The van der Waals surface area contributed by atoms with Gasteiger partial charge in [-0.2, -0.15) is 0 Å². The van der Waals surface area contributed by atoms with Gasteiger partial charge >= 0.3 is 0 Å². The molecule has 94 valence electrons. The first-order chi connectivity index (χ1) is 8.38. The highest BCUT2D eigenvalue weighted by Crippen LogP contribution is 2.17. The van der Waals surface area contributed by atoms with E-state index in [4.69, 9.17) is 4.74 Å². The second kappa shape index (κ2) is 6.65. The summed E-state index contributed by atoms with van der Waals surface area (Å²) in [6, 6.07) is 8.44. The quantitative estimate of drug-likeness (QED) is 0.844. The van der Waals surface area contributed by atoms with E-state index >= 15 is 0 Å². The second-order valence-corrected chi connectivity index (χ2v) is 4.85. The van der Waals surface area contributed by atoms with Crippen molar-refractivity contribution in [2.75, 3.05) is 19.7 Å². The van der Waals surface area contributed by atoms with Crippen LogP contribution in [0.4, 0.5) is 0 Å². The van der Waals surface area contributed by atoms with Gasteiger partial charge in [0.25, 0.3) is 0 Å². The van der Waals surface area contributed by atoms with E-state index in [-0.39, 0.29) is 0 Å². The third kappa shape index (κ3) is 4.04. The van der Waals surface area contributed by atoms with Crippen molar-refractivity contribution in [3.63, 3.8) is 0 Å². The zero-order valence-corrected chi connectivity index (χ0v) is 10.7. The normalized spacial score (nSPS) is 20.2. The molecule has 0 unspecified atom stereocenters. The molecule has 0 aromatic heterocycles. The molecule has 0 aliphatic carbocycles. The lowest BCUT2D eigenvalue weighted by atomic mass is 9.97. The van der Waals surface area contributed by atoms with Gasteiger partial charge in [-0.1, -0.05) is 19.1 Å². The molecule has 2 rings (SSSR count). The van der Waals surface area contributed by atoms with E-state index in [1.54, 1.807) is 0 Å². The number of piperidine rings is 1. The largest absolute Gasteiger partial charge is 0.494 e. The molecule has 1 N–H and O–H groups in total. The molecular weight excluding hydrogens is 210 g/mol. The monoisotopic (exact) mass is 233 g/mol. The molecule has 17 heavy (non-hydrogen) atoms. The number of ether oxygens (including phenoxy) is 1. The molecule has 0 amide bonds. The summed E-state index contributed by atoms with van der Waals surface area (Å²) >= 11 is 0. The van der Waals surface area contributed by atoms with Gasteiger partial charge < -0.3 is 10.1 Å². The van der Waals surface area contributed by atoms with Crippen molar-refractivity contribution in [2.45, 2.75) is 32.6 Å². The third-order valence-corrected chi connectivity index (χ3v) is 3.50. The Morgan fingerprint density at radius 2 is 2.35 bits per heavy atom. The SMILES string of the molecule is CCc1cccc(OCC[C@@H]2CCCNC2)c1. The van der Waals surface area contributed by atoms with Crippen LogP contribution in [-0.2, 0) is 6.42 Å². The fraction of sp³-hybridized carbons (Fsp3) is 0.600. The second-order valence-electron chi connectivity index (χ2n) is 4.85. The Morgan fingerprint density at radius 1 is 1.41 bits per heavy atom. The van der Waals surface area contributed by atoms with E-state index in [1.807, 2.05) is 0 Å². The lowest BCUT2D eigenvalue weighted by Gasteiger charge is -2.22. The molecule has 2 heteroatoms. The predicted octanol–water partition coefficient (Wildman–Crippen LogP) is 3.02. The molecule has 0 bridgehead atoms. The van der Waals surface area contributed by atoms with Crippen molar-refractivity contribution in [3.05, 3.63) is 29.8 Å². The molecule has 2 nitrogen and oxygen atoms in total. The van der Waals surface area contributed by atoms with Crippen LogP contribution in [-0.4, -0.2) is 19.7 Å². The Morgan fingerprint density at radius 3 is 3.12 bits per heavy atom.